The van der Waals surface area contributed by atoms with Crippen molar-refractivity contribution in [2.45, 2.75) is 12.8 Å². The van der Waals surface area contributed by atoms with Gasteiger partial charge in [-0.15, -0.1) is 11.3 Å². The van der Waals surface area contributed by atoms with Crippen LogP contribution in [-0.4, -0.2) is 27.6 Å². The molecule has 1 aromatic carbocycles. The molecule has 0 aliphatic rings. The Labute approximate surface area is 172 Å². The minimum atomic E-state index is -4.51. The van der Waals surface area contributed by atoms with E-state index in [0.717, 1.165) is 22.9 Å². The SMILES string of the molecule is COC(=O)c1sc(-n2cnc3cnccc32)cc1OCc1ccccc1C(F)(F)F. The average Bonchev–Trinajstić information content (AvgIpc) is 3.35. The predicted molar refractivity (Wildman–Crippen MR) is 104 cm³/mol. The number of carbonyl (C=O) groups is 1. The highest BCUT2D eigenvalue weighted by Crippen LogP contribution is 2.36. The number of methoxy groups -OCH3 is 1. The van der Waals surface area contributed by atoms with Gasteiger partial charge < -0.3 is 9.47 Å². The largest absolute Gasteiger partial charge is 0.487 e. The number of halogens is 3. The molecule has 6 nitrogen and oxygen atoms in total. The molecule has 10 heteroatoms. The molecule has 0 radical (unpaired) electrons. The second-order valence-corrected chi connectivity index (χ2v) is 7.22. The molecule has 0 atom stereocenters. The van der Waals surface area contributed by atoms with Crippen LogP contribution < -0.4 is 4.74 Å². The van der Waals surface area contributed by atoms with Crippen LogP contribution in [-0.2, 0) is 17.5 Å². The third kappa shape index (κ3) is 3.73. The Morgan fingerprint density at radius 1 is 1.23 bits per heavy atom. The van der Waals surface area contributed by atoms with E-state index in [4.69, 9.17) is 9.47 Å². The number of nitrogens with zero attached hydrogens (tertiary/aromatic N) is 3. The maximum Gasteiger partial charge on any atom is 0.416 e. The van der Waals surface area contributed by atoms with Gasteiger partial charge in [0, 0.05) is 17.8 Å². The summed E-state index contributed by atoms with van der Waals surface area (Å²) in [5.41, 5.74) is 0.601. The first-order valence-electron chi connectivity index (χ1n) is 8.66. The standard InChI is InChI=1S/C20H14F3N3O3S/c1-28-19(27)18-16(29-10-12-4-2-3-5-13(12)20(21,22)23)8-17(30-18)26-11-25-14-9-24-7-6-15(14)26/h2-9,11H,10H2,1H3. The first-order valence-corrected chi connectivity index (χ1v) is 9.47. The summed E-state index contributed by atoms with van der Waals surface area (Å²) in [6.45, 7) is -0.357. The number of hydrogen-bond donors (Lipinski definition) is 0. The van der Waals surface area contributed by atoms with Crippen molar-refractivity contribution in [1.29, 1.82) is 0 Å². The second kappa shape index (κ2) is 7.79. The zero-order valence-corrected chi connectivity index (χ0v) is 16.3. The summed E-state index contributed by atoms with van der Waals surface area (Å²) in [7, 11) is 1.22. The maximum absolute atomic E-state index is 13.2. The first-order chi connectivity index (χ1) is 14.4. The molecule has 4 aromatic rings. The molecule has 0 aliphatic carbocycles. The molecule has 0 N–H and O–H groups in total. The topological polar surface area (TPSA) is 66.2 Å². The van der Waals surface area contributed by atoms with Gasteiger partial charge in [0.25, 0.3) is 0 Å². The van der Waals surface area contributed by atoms with E-state index >= 15 is 0 Å². The van der Waals surface area contributed by atoms with Crippen molar-refractivity contribution in [1.82, 2.24) is 14.5 Å². The van der Waals surface area contributed by atoms with E-state index in [1.807, 2.05) is 0 Å². The van der Waals surface area contributed by atoms with Gasteiger partial charge in [-0.25, -0.2) is 9.78 Å². The first kappa shape index (κ1) is 19.9. The molecule has 0 bridgehead atoms. The molecule has 4 rings (SSSR count). The van der Waals surface area contributed by atoms with Gasteiger partial charge in [-0.3, -0.25) is 9.55 Å². The summed E-state index contributed by atoms with van der Waals surface area (Å²) in [5, 5.41) is 0.600. The Hall–Kier alpha value is -3.40. The van der Waals surface area contributed by atoms with E-state index in [1.54, 1.807) is 35.4 Å². The van der Waals surface area contributed by atoms with Crippen LogP contribution in [0.5, 0.6) is 5.75 Å². The van der Waals surface area contributed by atoms with Gasteiger partial charge in [-0.2, -0.15) is 13.2 Å². The molecule has 0 saturated carbocycles. The van der Waals surface area contributed by atoms with Gasteiger partial charge in [0.15, 0.2) is 4.88 Å². The van der Waals surface area contributed by atoms with Crippen LogP contribution in [0.15, 0.2) is 55.1 Å². The molecular weight excluding hydrogens is 419 g/mol. The van der Waals surface area contributed by atoms with Crippen LogP contribution in [0, 0.1) is 0 Å². The molecule has 0 amide bonds. The lowest BCUT2D eigenvalue weighted by atomic mass is 10.1. The molecule has 0 aliphatic heterocycles. The molecule has 0 saturated heterocycles. The van der Waals surface area contributed by atoms with Crippen molar-refractivity contribution in [2.24, 2.45) is 0 Å². The molecule has 154 valence electrons. The highest BCUT2D eigenvalue weighted by molar-refractivity contribution is 7.16. The number of pyridine rings is 1. The van der Waals surface area contributed by atoms with Crippen molar-refractivity contribution in [2.75, 3.05) is 7.11 Å². The van der Waals surface area contributed by atoms with Crippen LogP contribution in [0.4, 0.5) is 13.2 Å². The van der Waals surface area contributed by atoms with E-state index < -0.39 is 17.7 Å². The summed E-state index contributed by atoms with van der Waals surface area (Å²) < 4.78 is 51.9. The smallest absolute Gasteiger partial charge is 0.416 e. The fourth-order valence-corrected chi connectivity index (χ4v) is 3.94. The minimum Gasteiger partial charge on any atom is -0.487 e. The maximum atomic E-state index is 13.2. The Bertz CT molecular complexity index is 1220. The molecule has 0 fully saturated rings. The summed E-state index contributed by atoms with van der Waals surface area (Å²) >= 11 is 1.09. The van der Waals surface area contributed by atoms with Crippen molar-refractivity contribution in [3.05, 3.63) is 71.1 Å². The van der Waals surface area contributed by atoms with Crippen LogP contribution in [0.1, 0.15) is 20.8 Å². The number of thiophene rings is 1. The lowest BCUT2D eigenvalue weighted by Crippen LogP contribution is -2.11. The lowest BCUT2D eigenvalue weighted by Gasteiger charge is -2.13. The van der Waals surface area contributed by atoms with Crippen LogP contribution in [0.3, 0.4) is 0 Å². The summed E-state index contributed by atoms with van der Waals surface area (Å²) in [6, 6.07) is 8.48. The molecule has 3 aromatic heterocycles. The number of benzene rings is 1. The van der Waals surface area contributed by atoms with E-state index in [-0.39, 0.29) is 22.8 Å². The second-order valence-electron chi connectivity index (χ2n) is 6.19. The van der Waals surface area contributed by atoms with Gasteiger partial charge in [-0.1, -0.05) is 18.2 Å². The quantitative estimate of drug-likeness (QED) is 0.420. The zero-order chi connectivity index (χ0) is 21.3. The summed E-state index contributed by atoms with van der Waals surface area (Å²) in [6.07, 6.45) is 0.281. The molecule has 30 heavy (non-hydrogen) atoms. The number of imidazole rings is 1. The zero-order valence-electron chi connectivity index (χ0n) is 15.5. The van der Waals surface area contributed by atoms with Crippen LogP contribution >= 0.6 is 11.3 Å². The molecular formula is C20H14F3N3O3S. The van der Waals surface area contributed by atoms with Crippen LogP contribution in [0.2, 0.25) is 0 Å². The number of alkyl halides is 3. The normalized spacial score (nSPS) is 11.6. The average molecular weight is 433 g/mol. The number of aromatic nitrogens is 3. The Morgan fingerprint density at radius 3 is 2.80 bits per heavy atom. The van der Waals surface area contributed by atoms with E-state index in [2.05, 4.69) is 9.97 Å². The predicted octanol–water partition coefficient (Wildman–Crippen LogP) is 4.87. The molecule has 3 heterocycles. The number of carbonyl (C=O) groups excluding carboxylic acids is 1. The van der Waals surface area contributed by atoms with E-state index in [9.17, 15) is 18.0 Å². The Balaban J connectivity index is 1.70. The highest BCUT2D eigenvalue weighted by Gasteiger charge is 2.33. The van der Waals surface area contributed by atoms with Crippen LogP contribution in [0.25, 0.3) is 16.0 Å². The van der Waals surface area contributed by atoms with Gasteiger partial charge in [0.1, 0.15) is 29.2 Å². The number of rotatable bonds is 5. The van der Waals surface area contributed by atoms with Gasteiger partial charge in [0.05, 0.1) is 24.4 Å². The fraction of sp³-hybridized carbons (Fsp3) is 0.150. The van der Waals surface area contributed by atoms with E-state index in [0.29, 0.717) is 10.5 Å². The summed E-state index contributed by atoms with van der Waals surface area (Å²) in [5.74, 6) is -0.508. The third-order valence-electron chi connectivity index (χ3n) is 4.35. The highest BCUT2D eigenvalue weighted by atomic mass is 32.1. The number of fused-ring (bicyclic) bond motifs is 1. The minimum absolute atomic E-state index is 0.0345. The van der Waals surface area contributed by atoms with Gasteiger partial charge >= 0.3 is 12.1 Å². The lowest BCUT2D eigenvalue weighted by molar-refractivity contribution is -0.138. The fourth-order valence-electron chi connectivity index (χ4n) is 2.94. The van der Waals surface area contributed by atoms with Gasteiger partial charge in [0.2, 0.25) is 0 Å². The monoisotopic (exact) mass is 433 g/mol. The van der Waals surface area contributed by atoms with Gasteiger partial charge in [-0.05, 0) is 12.1 Å². The Morgan fingerprint density at radius 2 is 2.03 bits per heavy atom. The Kier molecular flexibility index (Phi) is 5.17. The van der Waals surface area contributed by atoms with Crippen molar-refractivity contribution >= 4 is 28.3 Å². The van der Waals surface area contributed by atoms with E-state index in [1.165, 1.54) is 25.3 Å². The molecule has 0 spiro atoms. The summed E-state index contributed by atoms with van der Waals surface area (Å²) in [4.78, 5) is 20.6. The number of esters is 1. The van der Waals surface area contributed by atoms with Crippen molar-refractivity contribution in [3.8, 4) is 10.8 Å². The number of hydrogen-bond acceptors (Lipinski definition) is 6. The molecule has 0 unspecified atom stereocenters. The van der Waals surface area contributed by atoms with Crippen molar-refractivity contribution < 1.29 is 27.4 Å². The van der Waals surface area contributed by atoms with Crippen molar-refractivity contribution in [3.63, 3.8) is 0 Å². The third-order valence-corrected chi connectivity index (χ3v) is 5.44. The number of ether oxygens (including phenoxy) is 2.